The van der Waals surface area contributed by atoms with Crippen molar-refractivity contribution in [2.24, 2.45) is 0 Å². The summed E-state index contributed by atoms with van der Waals surface area (Å²) in [5, 5.41) is 9.70. The van der Waals surface area contributed by atoms with Crippen molar-refractivity contribution in [2.45, 2.75) is 51.7 Å². The molecule has 1 amide bonds. The summed E-state index contributed by atoms with van der Waals surface area (Å²) < 4.78 is 5.80. The number of aliphatic hydroxyl groups excluding tert-OH is 1. The van der Waals surface area contributed by atoms with E-state index in [0.717, 1.165) is 24.8 Å². The second-order valence-electron chi connectivity index (χ2n) is 7.03. The number of rotatable bonds is 5. The maximum atomic E-state index is 12.9. The molecule has 0 radical (unpaired) electrons. The maximum absolute atomic E-state index is 12.9. The number of nitrogens with zero attached hydrogens (tertiary/aromatic N) is 1. The van der Waals surface area contributed by atoms with Crippen molar-refractivity contribution in [1.29, 1.82) is 0 Å². The lowest BCUT2D eigenvalue weighted by atomic mass is 9.97. The van der Waals surface area contributed by atoms with E-state index in [-0.39, 0.29) is 17.7 Å². The van der Waals surface area contributed by atoms with E-state index in [4.69, 9.17) is 4.42 Å². The standard InChI is InChI=1S/C21H25NO4/c1-14(23)13-18-5-3-4-12-22(18)21(25)20-11-10-19(26-20)17-8-6-16(7-9-17)15(2)24/h6-11,14,18,23H,3-5,12-13H2,1-2H3. The molecule has 2 atom stereocenters. The zero-order valence-corrected chi connectivity index (χ0v) is 15.3. The fraction of sp³-hybridized carbons (Fsp3) is 0.429. The number of carbonyl (C=O) groups is 2. The van der Waals surface area contributed by atoms with Crippen LogP contribution in [-0.2, 0) is 0 Å². The van der Waals surface area contributed by atoms with Gasteiger partial charge in [-0.05, 0) is 51.7 Å². The molecule has 5 nitrogen and oxygen atoms in total. The Morgan fingerprint density at radius 3 is 2.58 bits per heavy atom. The largest absolute Gasteiger partial charge is 0.451 e. The first kappa shape index (κ1) is 18.4. The quantitative estimate of drug-likeness (QED) is 0.826. The second kappa shape index (κ2) is 7.87. The predicted octanol–water partition coefficient (Wildman–Crippen LogP) is 3.91. The normalized spacial score (nSPS) is 18.6. The predicted molar refractivity (Wildman–Crippen MR) is 99.1 cm³/mol. The van der Waals surface area contributed by atoms with E-state index in [0.29, 0.717) is 30.0 Å². The lowest BCUT2D eigenvalue weighted by molar-refractivity contribution is 0.0486. The van der Waals surface area contributed by atoms with E-state index in [1.54, 1.807) is 31.2 Å². The Labute approximate surface area is 153 Å². The van der Waals surface area contributed by atoms with Gasteiger partial charge in [0.15, 0.2) is 11.5 Å². The van der Waals surface area contributed by atoms with Crippen molar-refractivity contribution in [3.8, 4) is 11.3 Å². The van der Waals surface area contributed by atoms with E-state index in [9.17, 15) is 14.7 Å². The first-order valence-electron chi connectivity index (χ1n) is 9.16. The molecule has 0 bridgehead atoms. The Balaban J connectivity index is 1.77. The minimum absolute atomic E-state index is 0.0149. The Morgan fingerprint density at radius 1 is 1.19 bits per heavy atom. The Kier molecular flexibility index (Phi) is 5.57. The topological polar surface area (TPSA) is 70.8 Å². The zero-order chi connectivity index (χ0) is 18.7. The summed E-state index contributed by atoms with van der Waals surface area (Å²) in [6, 6.07) is 10.7. The molecule has 1 aliphatic heterocycles. The summed E-state index contributed by atoms with van der Waals surface area (Å²) in [4.78, 5) is 26.1. The van der Waals surface area contributed by atoms with E-state index in [1.165, 1.54) is 6.92 Å². The van der Waals surface area contributed by atoms with Gasteiger partial charge in [0.05, 0.1) is 6.10 Å². The van der Waals surface area contributed by atoms with Crippen LogP contribution in [0, 0.1) is 0 Å². The highest BCUT2D eigenvalue weighted by Crippen LogP contribution is 2.27. The molecular formula is C21H25NO4. The molecule has 1 aliphatic rings. The molecule has 3 rings (SSSR count). The Hall–Kier alpha value is -2.40. The second-order valence-corrected chi connectivity index (χ2v) is 7.03. The number of piperidine rings is 1. The highest BCUT2D eigenvalue weighted by Gasteiger charge is 2.30. The van der Waals surface area contributed by atoms with Crippen LogP contribution in [0.2, 0.25) is 0 Å². The van der Waals surface area contributed by atoms with Crippen LogP contribution >= 0.6 is 0 Å². The van der Waals surface area contributed by atoms with Gasteiger partial charge in [0.25, 0.3) is 5.91 Å². The number of furan rings is 1. The van der Waals surface area contributed by atoms with Crippen LogP contribution in [0.25, 0.3) is 11.3 Å². The lowest BCUT2D eigenvalue weighted by Crippen LogP contribution is -2.44. The van der Waals surface area contributed by atoms with Gasteiger partial charge in [0.2, 0.25) is 0 Å². The minimum atomic E-state index is -0.430. The highest BCUT2D eigenvalue weighted by molar-refractivity contribution is 5.94. The van der Waals surface area contributed by atoms with Gasteiger partial charge in [0.1, 0.15) is 5.76 Å². The Morgan fingerprint density at radius 2 is 1.92 bits per heavy atom. The molecule has 5 heteroatoms. The highest BCUT2D eigenvalue weighted by atomic mass is 16.4. The molecule has 1 aromatic carbocycles. The third kappa shape index (κ3) is 4.05. The molecule has 1 N–H and O–H groups in total. The number of hydrogen-bond donors (Lipinski definition) is 1. The molecule has 1 saturated heterocycles. The zero-order valence-electron chi connectivity index (χ0n) is 15.3. The van der Waals surface area contributed by atoms with Crippen LogP contribution in [0.1, 0.15) is 60.4 Å². The summed E-state index contributed by atoms with van der Waals surface area (Å²) in [5.41, 5.74) is 1.47. The number of ketones is 1. The Bertz CT molecular complexity index is 776. The minimum Gasteiger partial charge on any atom is -0.451 e. The molecule has 0 saturated carbocycles. The van der Waals surface area contributed by atoms with Crippen molar-refractivity contribution in [3.05, 3.63) is 47.7 Å². The average Bonchev–Trinajstić information content (AvgIpc) is 3.11. The van der Waals surface area contributed by atoms with Gasteiger partial charge < -0.3 is 14.4 Å². The number of likely N-dealkylation sites (tertiary alicyclic amines) is 1. The van der Waals surface area contributed by atoms with Crippen LogP contribution in [0.5, 0.6) is 0 Å². The van der Waals surface area contributed by atoms with Crippen LogP contribution in [-0.4, -0.2) is 40.4 Å². The maximum Gasteiger partial charge on any atom is 0.289 e. The first-order chi connectivity index (χ1) is 12.5. The summed E-state index contributed by atoms with van der Waals surface area (Å²) in [7, 11) is 0. The smallest absolute Gasteiger partial charge is 0.289 e. The number of carbonyl (C=O) groups excluding carboxylic acids is 2. The number of benzene rings is 1. The van der Waals surface area contributed by atoms with Crippen LogP contribution in [0.15, 0.2) is 40.8 Å². The van der Waals surface area contributed by atoms with Gasteiger partial charge >= 0.3 is 0 Å². The number of amides is 1. The number of hydrogen-bond acceptors (Lipinski definition) is 4. The van der Waals surface area contributed by atoms with Crippen molar-refractivity contribution in [2.75, 3.05) is 6.54 Å². The van der Waals surface area contributed by atoms with Gasteiger partial charge in [0, 0.05) is 23.7 Å². The monoisotopic (exact) mass is 355 g/mol. The van der Waals surface area contributed by atoms with Crippen LogP contribution < -0.4 is 0 Å². The van der Waals surface area contributed by atoms with Crippen molar-refractivity contribution < 1.29 is 19.1 Å². The van der Waals surface area contributed by atoms with Crippen molar-refractivity contribution in [3.63, 3.8) is 0 Å². The van der Waals surface area contributed by atoms with Crippen molar-refractivity contribution in [1.82, 2.24) is 4.90 Å². The molecular weight excluding hydrogens is 330 g/mol. The van der Waals surface area contributed by atoms with E-state index in [1.807, 2.05) is 17.0 Å². The average molecular weight is 355 g/mol. The molecule has 2 heterocycles. The molecule has 1 aromatic heterocycles. The van der Waals surface area contributed by atoms with Crippen LogP contribution in [0.4, 0.5) is 0 Å². The van der Waals surface area contributed by atoms with Gasteiger partial charge in [-0.15, -0.1) is 0 Å². The molecule has 0 spiro atoms. The molecule has 138 valence electrons. The third-order valence-corrected chi connectivity index (χ3v) is 4.89. The SMILES string of the molecule is CC(=O)c1ccc(-c2ccc(C(=O)N3CCCCC3CC(C)O)o2)cc1. The number of Topliss-reactive ketones (excluding diaryl/α,β-unsaturated/α-hetero) is 1. The molecule has 0 aliphatic carbocycles. The van der Waals surface area contributed by atoms with E-state index in [2.05, 4.69) is 0 Å². The summed E-state index contributed by atoms with van der Waals surface area (Å²) in [5.74, 6) is 0.809. The molecule has 2 unspecified atom stereocenters. The lowest BCUT2D eigenvalue weighted by Gasteiger charge is -2.36. The molecule has 26 heavy (non-hydrogen) atoms. The van der Waals surface area contributed by atoms with E-state index < -0.39 is 6.10 Å². The summed E-state index contributed by atoms with van der Waals surface area (Å²) >= 11 is 0. The van der Waals surface area contributed by atoms with Gasteiger partial charge in [-0.3, -0.25) is 9.59 Å². The van der Waals surface area contributed by atoms with Crippen molar-refractivity contribution >= 4 is 11.7 Å². The summed E-state index contributed by atoms with van der Waals surface area (Å²) in [6.07, 6.45) is 3.12. The van der Waals surface area contributed by atoms with E-state index >= 15 is 0 Å². The van der Waals surface area contributed by atoms with Gasteiger partial charge in [-0.25, -0.2) is 0 Å². The molecule has 2 aromatic rings. The first-order valence-corrected chi connectivity index (χ1v) is 9.16. The fourth-order valence-corrected chi connectivity index (χ4v) is 3.53. The van der Waals surface area contributed by atoms with Crippen LogP contribution in [0.3, 0.4) is 0 Å². The van der Waals surface area contributed by atoms with Gasteiger partial charge in [-0.1, -0.05) is 24.3 Å². The van der Waals surface area contributed by atoms with Gasteiger partial charge in [-0.2, -0.15) is 0 Å². The third-order valence-electron chi connectivity index (χ3n) is 4.89. The summed E-state index contributed by atoms with van der Waals surface area (Å²) in [6.45, 7) is 3.98. The fourth-order valence-electron chi connectivity index (χ4n) is 3.53. The molecule has 1 fully saturated rings. The number of aliphatic hydroxyl groups is 1.